The lowest BCUT2D eigenvalue weighted by Gasteiger charge is -2.18. The smallest absolute Gasteiger partial charge is 0.340 e. The van der Waals surface area contributed by atoms with Crippen molar-refractivity contribution in [2.24, 2.45) is 0 Å². The van der Waals surface area contributed by atoms with Crippen molar-refractivity contribution in [3.8, 4) is 11.4 Å². The molecule has 4 rings (SSSR count). The zero-order chi connectivity index (χ0) is 26.1. The number of esters is 1. The molecule has 3 aromatic rings. The molecule has 0 radical (unpaired) electrons. The lowest BCUT2D eigenvalue weighted by molar-refractivity contribution is -0.136. The van der Waals surface area contributed by atoms with E-state index in [-0.39, 0.29) is 11.5 Å². The number of nitrogens with zero attached hydrogens (tertiary/aromatic N) is 2. The van der Waals surface area contributed by atoms with Gasteiger partial charge in [-0.1, -0.05) is 18.2 Å². The Kier molecular flexibility index (Phi) is 6.88. The van der Waals surface area contributed by atoms with E-state index in [0.29, 0.717) is 23.6 Å². The highest BCUT2D eigenvalue weighted by Gasteiger charge is 2.38. The third-order valence-corrected chi connectivity index (χ3v) is 6.63. The largest absolute Gasteiger partial charge is 0.494 e. The fourth-order valence-corrected chi connectivity index (χ4v) is 4.94. The number of benzene rings is 2. The topological polar surface area (TPSA) is 60.8 Å². The van der Waals surface area contributed by atoms with Crippen LogP contribution in [0.1, 0.15) is 41.9 Å². The predicted molar refractivity (Wildman–Crippen MR) is 143 cm³/mol. The molecule has 0 unspecified atom stereocenters. The monoisotopic (exact) mass is 484 g/mol. The number of aryl methyl sites for hydroxylation is 3. The Balaban J connectivity index is 1.83. The number of aromatic nitrogens is 1. The van der Waals surface area contributed by atoms with Crippen molar-refractivity contribution in [1.29, 1.82) is 0 Å². The first-order valence-electron chi connectivity index (χ1n) is 12.0. The van der Waals surface area contributed by atoms with Crippen molar-refractivity contribution in [2.45, 2.75) is 41.5 Å². The van der Waals surface area contributed by atoms with Crippen molar-refractivity contribution in [3.63, 3.8) is 0 Å². The average Bonchev–Trinajstić information content (AvgIpc) is 3.26. The second-order valence-corrected chi connectivity index (χ2v) is 8.98. The number of amides is 1. The molecule has 0 fully saturated rings. The van der Waals surface area contributed by atoms with Crippen LogP contribution in [0.2, 0.25) is 0 Å². The molecule has 0 saturated carbocycles. The summed E-state index contributed by atoms with van der Waals surface area (Å²) in [6, 6.07) is 15.5. The normalized spacial score (nSPS) is 14.7. The summed E-state index contributed by atoms with van der Waals surface area (Å²) in [5.41, 5.74) is 8.16. The van der Waals surface area contributed by atoms with Gasteiger partial charge in [0, 0.05) is 22.8 Å². The summed E-state index contributed by atoms with van der Waals surface area (Å²) in [4.78, 5) is 28.1. The van der Waals surface area contributed by atoms with E-state index in [4.69, 9.17) is 9.47 Å². The standard InChI is InChI=1S/C30H32N2O4/c1-8-36-25-14-12-24(13-15-25)32-22(6)27(30(34)35-7)26(29(32)33)17-23-16-20(4)31(21(23)5)28-18(2)10-9-11-19(28)3/h9-17H,8H2,1-7H3/b26-17-. The van der Waals surface area contributed by atoms with Crippen LogP contribution in [0.25, 0.3) is 11.8 Å². The van der Waals surface area contributed by atoms with Crippen LogP contribution in [0.5, 0.6) is 5.75 Å². The summed E-state index contributed by atoms with van der Waals surface area (Å²) in [6.45, 7) is 12.5. The van der Waals surface area contributed by atoms with Crippen LogP contribution >= 0.6 is 0 Å². The Morgan fingerprint density at radius 2 is 1.61 bits per heavy atom. The van der Waals surface area contributed by atoms with Gasteiger partial charge in [-0.15, -0.1) is 0 Å². The van der Waals surface area contributed by atoms with Crippen LogP contribution < -0.4 is 9.64 Å². The summed E-state index contributed by atoms with van der Waals surface area (Å²) in [5.74, 6) is -0.0875. The number of carbonyl (C=O) groups excluding carboxylic acids is 2. The molecule has 1 amide bonds. The maximum atomic E-state index is 13.7. The number of hydrogen-bond donors (Lipinski definition) is 0. The van der Waals surface area contributed by atoms with Gasteiger partial charge in [0.05, 0.1) is 30.6 Å². The van der Waals surface area contributed by atoms with Crippen molar-refractivity contribution in [3.05, 3.63) is 93.5 Å². The minimum absolute atomic E-state index is 0.270. The van der Waals surface area contributed by atoms with Gasteiger partial charge in [0.15, 0.2) is 0 Å². The minimum atomic E-state index is -0.538. The van der Waals surface area contributed by atoms with Gasteiger partial charge >= 0.3 is 5.97 Å². The molecule has 0 aliphatic carbocycles. The fraction of sp³-hybridized carbons (Fsp3) is 0.267. The highest BCUT2D eigenvalue weighted by molar-refractivity contribution is 6.23. The van der Waals surface area contributed by atoms with Crippen molar-refractivity contribution < 1.29 is 19.1 Å². The molecule has 2 heterocycles. The van der Waals surface area contributed by atoms with Gasteiger partial charge in [-0.05, 0) is 94.6 Å². The van der Waals surface area contributed by atoms with E-state index in [1.165, 1.54) is 18.2 Å². The second-order valence-electron chi connectivity index (χ2n) is 8.98. The third-order valence-electron chi connectivity index (χ3n) is 6.63. The number of ether oxygens (including phenoxy) is 2. The SMILES string of the molecule is CCOc1ccc(N2C(=O)/C(=C\c3cc(C)n(-c4c(C)cccc4C)c3C)C(C(=O)OC)=C2C)cc1. The van der Waals surface area contributed by atoms with Crippen LogP contribution in [-0.4, -0.2) is 30.2 Å². The highest BCUT2D eigenvalue weighted by atomic mass is 16.5. The zero-order valence-corrected chi connectivity index (χ0v) is 21.9. The molecular weight excluding hydrogens is 452 g/mol. The fourth-order valence-electron chi connectivity index (χ4n) is 4.94. The van der Waals surface area contributed by atoms with Gasteiger partial charge in [-0.25, -0.2) is 4.79 Å². The quantitative estimate of drug-likeness (QED) is 0.319. The van der Waals surface area contributed by atoms with E-state index in [0.717, 1.165) is 28.4 Å². The van der Waals surface area contributed by atoms with Gasteiger partial charge in [-0.2, -0.15) is 0 Å². The molecule has 186 valence electrons. The molecule has 6 nitrogen and oxygen atoms in total. The molecule has 2 aromatic carbocycles. The Bertz CT molecular complexity index is 1390. The number of carbonyl (C=O) groups is 2. The molecule has 1 aliphatic heterocycles. The lowest BCUT2D eigenvalue weighted by atomic mass is 10.0. The molecule has 0 spiro atoms. The number of anilines is 1. The van der Waals surface area contributed by atoms with Crippen LogP contribution in [0, 0.1) is 27.7 Å². The lowest BCUT2D eigenvalue weighted by Crippen LogP contribution is -2.24. The van der Waals surface area contributed by atoms with Crippen LogP contribution in [0.4, 0.5) is 5.69 Å². The van der Waals surface area contributed by atoms with Gasteiger partial charge < -0.3 is 14.0 Å². The van der Waals surface area contributed by atoms with Gasteiger partial charge in [0.2, 0.25) is 0 Å². The molecule has 0 N–H and O–H groups in total. The highest BCUT2D eigenvalue weighted by Crippen LogP contribution is 2.37. The average molecular weight is 485 g/mol. The van der Waals surface area contributed by atoms with E-state index < -0.39 is 5.97 Å². The van der Waals surface area contributed by atoms with Gasteiger partial charge in [-0.3, -0.25) is 9.69 Å². The van der Waals surface area contributed by atoms with E-state index in [9.17, 15) is 9.59 Å². The Morgan fingerprint density at radius 3 is 2.19 bits per heavy atom. The Labute approximate surface area is 212 Å². The van der Waals surface area contributed by atoms with Crippen LogP contribution in [-0.2, 0) is 14.3 Å². The molecule has 0 atom stereocenters. The van der Waals surface area contributed by atoms with E-state index >= 15 is 0 Å². The summed E-state index contributed by atoms with van der Waals surface area (Å²) in [7, 11) is 1.33. The van der Waals surface area contributed by atoms with Crippen molar-refractivity contribution in [2.75, 3.05) is 18.6 Å². The first-order chi connectivity index (χ1) is 17.2. The van der Waals surface area contributed by atoms with Crippen molar-refractivity contribution in [1.82, 2.24) is 4.57 Å². The van der Waals surface area contributed by atoms with E-state index in [1.807, 2.05) is 57.2 Å². The van der Waals surface area contributed by atoms with E-state index in [1.54, 1.807) is 17.9 Å². The van der Waals surface area contributed by atoms with Gasteiger partial charge in [0.25, 0.3) is 5.91 Å². The third kappa shape index (κ3) is 4.24. The number of para-hydroxylation sites is 1. The second kappa shape index (κ2) is 9.90. The summed E-state index contributed by atoms with van der Waals surface area (Å²) >= 11 is 0. The molecular formula is C30H32N2O4. The minimum Gasteiger partial charge on any atom is -0.494 e. The Hall–Kier alpha value is -4.06. The first kappa shape index (κ1) is 25.0. The number of hydrogen-bond acceptors (Lipinski definition) is 4. The first-order valence-corrected chi connectivity index (χ1v) is 12.0. The summed E-state index contributed by atoms with van der Waals surface area (Å²) in [6.07, 6.45) is 1.80. The van der Waals surface area contributed by atoms with E-state index in [2.05, 4.69) is 30.5 Å². The molecule has 6 heteroatoms. The van der Waals surface area contributed by atoms with Crippen LogP contribution in [0.15, 0.2) is 65.4 Å². The Morgan fingerprint density at radius 1 is 0.972 bits per heavy atom. The zero-order valence-electron chi connectivity index (χ0n) is 21.9. The molecule has 0 saturated heterocycles. The van der Waals surface area contributed by atoms with Gasteiger partial charge in [0.1, 0.15) is 5.75 Å². The molecule has 1 aromatic heterocycles. The molecule has 1 aliphatic rings. The maximum Gasteiger partial charge on any atom is 0.340 e. The predicted octanol–water partition coefficient (Wildman–Crippen LogP) is 5.99. The number of allylic oxidation sites excluding steroid dienone is 1. The number of rotatable bonds is 6. The molecule has 36 heavy (non-hydrogen) atoms. The molecule has 0 bridgehead atoms. The van der Waals surface area contributed by atoms with Crippen molar-refractivity contribution >= 4 is 23.6 Å². The maximum absolute atomic E-state index is 13.7. The number of methoxy groups -OCH3 is 1. The summed E-state index contributed by atoms with van der Waals surface area (Å²) < 4.78 is 12.8. The van der Waals surface area contributed by atoms with Crippen LogP contribution in [0.3, 0.4) is 0 Å². The summed E-state index contributed by atoms with van der Waals surface area (Å²) in [5, 5.41) is 0.